The van der Waals surface area contributed by atoms with Gasteiger partial charge in [0.25, 0.3) is 15.9 Å². The normalized spacial score (nSPS) is 10.9. The minimum Gasteiger partial charge on any atom is -0.497 e. The molecule has 0 bridgehead atoms. The molecule has 0 saturated carbocycles. The topological polar surface area (TPSA) is 84.5 Å². The van der Waals surface area contributed by atoms with Gasteiger partial charge >= 0.3 is 0 Å². The Morgan fingerprint density at radius 1 is 0.929 bits per heavy atom. The first-order valence-corrected chi connectivity index (χ1v) is 9.70. The van der Waals surface area contributed by atoms with E-state index in [0.717, 1.165) is 12.1 Å². The molecule has 0 heterocycles. The van der Waals surface area contributed by atoms with Crippen LogP contribution in [0.5, 0.6) is 5.75 Å². The summed E-state index contributed by atoms with van der Waals surface area (Å²) in [5.41, 5.74) is 0.789. The summed E-state index contributed by atoms with van der Waals surface area (Å²) in [6, 6.07) is 17.9. The van der Waals surface area contributed by atoms with Crippen LogP contribution in [0.25, 0.3) is 0 Å². The number of hydrogen-bond donors (Lipinski definition) is 2. The number of nitrogens with one attached hydrogen (secondary N) is 2. The van der Waals surface area contributed by atoms with E-state index in [4.69, 9.17) is 4.74 Å². The fourth-order valence-electron chi connectivity index (χ4n) is 2.44. The lowest BCUT2D eigenvalue weighted by atomic mass is 10.2. The maximum absolute atomic E-state index is 14.2. The molecule has 28 heavy (non-hydrogen) atoms. The highest BCUT2D eigenvalue weighted by Gasteiger charge is 2.21. The van der Waals surface area contributed by atoms with Crippen LogP contribution in [0.1, 0.15) is 10.4 Å². The van der Waals surface area contributed by atoms with Crippen molar-refractivity contribution in [2.24, 2.45) is 0 Å². The predicted molar refractivity (Wildman–Crippen MR) is 105 cm³/mol. The molecule has 0 aromatic heterocycles. The Morgan fingerprint density at radius 2 is 1.61 bits per heavy atom. The van der Waals surface area contributed by atoms with E-state index in [1.165, 1.54) is 25.3 Å². The minimum absolute atomic E-state index is 0.0142. The standard InChI is InChI=1S/C20H17FN2O4S/c1-27-17-10-8-16(9-11-17)23-28(25,26)19-13-14(7-12-18(19)21)20(24)22-15-5-3-2-4-6-15/h2-13,23H,1H3,(H,22,24). The van der Waals surface area contributed by atoms with E-state index in [1.54, 1.807) is 42.5 Å². The molecule has 0 radical (unpaired) electrons. The highest BCUT2D eigenvalue weighted by Crippen LogP contribution is 2.22. The van der Waals surface area contributed by atoms with Crippen LogP contribution in [0.4, 0.5) is 15.8 Å². The van der Waals surface area contributed by atoms with Crippen LogP contribution < -0.4 is 14.8 Å². The van der Waals surface area contributed by atoms with Gasteiger partial charge in [-0.2, -0.15) is 0 Å². The van der Waals surface area contributed by atoms with Crippen molar-refractivity contribution in [3.63, 3.8) is 0 Å². The molecule has 3 aromatic rings. The van der Waals surface area contributed by atoms with E-state index in [-0.39, 0.29) is 11.3 Å². The molecule has 0 aliphatic carbocycles. The zero-order valence-corrected chi connectivity index (χ0v) is 15.7. The van der Waals surface area contributed by atoms with E-state index in [2.05, 4.69) is 10.0 Å². The molecule has 2 N–H and O–H groups in total. The number of para-hydroxylation sites is 1. The van der Waals surface area contributed by atoms with Crippen LogP contribution in [0.2, 0.25) is 0 Å². The van der Waals surface area contributed by atoms with Gasteiger partial charge in [0.05, 0.1) is 7.11 Å². The van der Waals surface area contributed by atoms with Gasteiger partial charge in [0.1, 0.15) is 16.5 Å². The summed E-state index contributed by atoms with van der Waals surface area (Å²) in [6.45, 7) is 0. The van der Waals surface area contributed by atoms with Crippen molar-refractivity contribution >= 4 is 27.3 Å². The number of amides is 1. The third-order valence-corrected chi connectivity index (χ3v) is 5.25. The number of sulfonamides is 1. The van der Waals surface area contributed by atoms with Crippen LogP contribution in [0, 0.1) is 5.82 Å². The number of carbonyl (C=O) groups excluding carboxylic acids is 1. The number of carbonyl (C=O) groups is 1. The van der Waals surface area contributed by atoms with E-state index >= 15 is 0 Å². The van der Waals surface area contributed by atoms with Gasteiger partial charge in [0, 0.05) is 16.9 Å². The lowest BCUT2D eigenvalue weighted by Crippen LogP contribution is -2.17. The highest BCUT2D eigenvalue weighted by atomic mass is 32.2. The first kappa shape index (κ1) is 19.4. The molecule has 6 nitrogen and oxygen atoms in total. The first-order chi connectivity index (χ1) is 13.4. The zero-order valence-electron chi connectivity index (χ0n) is 14.8. The SMILES string of the molecule is COc1ccc(NS(=O)(=O)c2cc(C(=O)Nc3ccccc3)ccc2F)cc1. The Balaban J connectivity index is 1.86. The molecule has 0 aliphatic heterocycles. The number of anilines is 2. The molecule has 3 rings (SSSR count). The van der Waals surface area contributed by atoms with Gasteiger partial charge in [0.2, 0.25) is 0 Å². The van der Waals surface area contributed by atoms with Crippen molar-refractivity contribution < 1.29 is 22.3 Å². The third-order valence-electron chi connectivity index (χ3n) is 3.86. The summed E-state index contributed by atoms with van der Waals surface area (Å²) in [4.78, 5) is 11.7. The monoisotopic (exact) mass is 400 g/mol. The molecule has 0 aliphatic rings. The Labute approximate surface area is 162 Å². The van der Waals surface area contributed by atoms with Crippen molar-refractivity contribution in [2.75, 3.05) is 17.1 Å². The molecule has 8 heteroatoms. The molecular formula is C20H17FN2O4S. The van der Waals surface area contributed by atoms with E-state index in [0.29, 0.717) is 11.4 Å². The lowest BCUT2D eigenvalue weighted by Gasteiger charge is -2.11. The van der Waals surface area contributed by atoms with Gasteiger partial charge in [-0.3, -0.25) is 9.52 Å². The van der Waals surface area contributed by atoms with Gasteiger partial charge in [-0.05, 0) is 54.6 Å². The zero-order chi connectivity index (χ0) is 20.1. The minimum atomic E-state index is -4.24. The van der Waals surface area contributed by atoms with E-state index in [1.807, 2.05) is 0 Å². The summed E-state index contributed by atoms with van der Waals surface area (Å²) in [7, 11) is -2.75. The van der Waals surface area contributed by atoms with Gasteiger partial charge in [-0.15, -0.1) is 0 Å². The van der Waals surface area contributed by atoms with E-state index < -0.39 is 26.6 Å². The molecule has 1 amide bonds. The average Bonchev–Trinajstić information content (AvgIpc) is 2.69. The molecule has 0 unspecified atom stereocenters. The van der Waals surface area contributed by atoms with Crippen molar-refractivity contribution in [3.8, 4) is 5.75 Å². The van der Waals surface area contributed by atoms with E-state index in [9.17, 15) is 17.6 Å². The Bertz CT molecular complexity index is 1080. The number of methoxy groups -OCH3 is 1. The molecule has 0 fully saturated rings. The number of hydrogen-bond acceptors (Lipinski definition) is 4. The van der Waals surface area contributed by atoms with Crippen molar-refractivity contribution in [2.45, 2.75) is 4.90 Å². The maximum atomic E-state index is 14.2. The lowest BCUT2D eigenvalue weighted by molar-refractivity contribution is 0.102. The molecule has 0 saturated heterocycles. The molecule has 0 spiro atoms. The fourth-order valence-corrected chi connectivity index (χ4v) is 3.61. The highest BCUT2D eigenvalue weighted by molar-refractivity contribution is 7.92. The summed E-state index contributed by atoms with van der Waals surface area (Å²) in [5, 5.41) is 2.63. The molecular weight excluding hydrogens is 383 g/mol. The second-order valence-electron chi connectivity index (χ2n) is 5.80. The molecule has 0 atom stereocenters. The maximum Gasteiger partial charge on any atom is 0.264 e. The van der Waals surface area contributed by atoms with Gasteiger partial charge in [-0.1, -0.05) is 18.2 Å². The first-order valence-electron chi connectivity index (χ1n) is 8.22. The van der Waals surface area contributed by atoms with Crippen LogP contribution in [0.3, 0.4) is 0 Å². The van der Waals surface area contributed by atoms with Gasteiger partial charge < -0.3 is 10.1 Å². The number of halogens is 1. The van der Waals surface area contributed by atoms with Crippen molar-refractivity contribution in [1.29, 1.82) is 0 Å². The van der Waals surface area contributed by atoms with Crippen LogP contribution in [-0.4, -0.2) is 21.4 Å². The Morgan fingerprint density at radius 3 is 2.25 bits per heavy atom. The summed E-state index contributed by atoms with van der Waals surface area (Å²) in [6.07, 6.45) is 0. The smallest absolute Gasteiger partial charge is 0.264 e. The van der Waals surface area contributed by atoms with Crippen LogP contribution in [-0.2, 0) is 10.0 Å². The Kier molecular flexibility index (Phi) is 5.60. The average molecular weight is 400 g/mol. The Hall–Kier alpha value is -3.39. The van der Waals surface area contributed by atoms with Gasteiger partial charge in [0.15, 0.2) is 0 Å². The predicted octanol–water partition coefficient (Wildman–Crippen LogP) is 3.89. The number of benzene rings is 3. The number of rotatable bonds is 6. The second-order valence-corrected chi connectivity index (χ2v) is 7.45. The fraction of sp³-hybridized carbons (Fsp3) is 0.0500. The van der Waals surface area contributed by atoms with Gasteiger partial charge in [-0.25, -0.2) is 12.8 Å². The number of ether oxygens (including phenoxy) is 1. The van der Waals surface area contributed by atoms with Crippen LogP contribution >= 0.6 is 0 Å². The summed E-state index contributed by atoms with van der Waals surface area (Å²) < 4.78 is 46.7. The quantitative estimate of drug-likeness (QED) is 0.658. The molecule has 3 aromatic carbocycles. The summed E-state index contributed by atoms with van der Waals surface area (Å²) in [5.74, 6) is -0.960. The van der Waals surface area contributed by atoms with Crippen molar-refractivity contribution in [3.05, 3.63) is 84.2 Å². The molecule has 144 valence electrons. The van der Waals surface area contributed by atoms with Crippen LogP contribution in [0.15, 0.2) is 77.7 Å². The third kappa shape index (κ3) is 4.47. The van der Waals surface area contributed by atoms with Crippen molar-refractivity contribution in [1.82, 2.24) is 0 Å². The largest absolute Gasteiger partial charge is 0.497 e. The summed E-state index contributed by atoms with van der Waals surface area (Å²) >= 11 is 0. The second kappa shape index (κ2) is 8.10.